The number of hydrogen-bond donors (Lipinski definition) is 2. The Hall–Kier alpha value is -3.52. The van der Waals surface area contributed by atoms with Crippen LogP contribution < -0.4 is 16.0 Å². The Bertz CT molecular complexity index is 991. The van der Waals surface area contributed by atoms with Crippen LogP contribution in [0.15, 0.2) is 72.6 Å². The van der Waals surface area contributed by atoms with Crippen LogP contribution in [0.25, 0.3) is 0 Å². The van der Waals surface area contributed by atoms with Crippen LogP contribution in [0, 0.1) is 0 Å². The van der Waals surface area contributed by atoms with Crippen molar-refractivity contribution >= 4 is 39.6 Å². The van der Waals surface area contributed by atoms with Gasteiger partial charge in [0.05, 0.1) is 6.54 Å². The van der Waals surface area contributed by atoms with Gasteiger partial charge in [-0.3, -0.25) is 0 Å². The highest BCUT2D eigenvalue weighted by Gasteiger charge is 2.18. The van der Waals surface area contributed by atoms with E-state index >= 15 is 0 Å². The molecular weight excluding hydrogens is 358 g/mol. The van der Waals surface area contributed by atoms with E-state index in [0.717, 1.165) is 16.5 Å². The van der Waals surface area contributed by atoms with Crippen LogP contribution in [0.5, 0.6) is 0 Å². The van der Waals surface area contributed by atoms with Gasteiger partial charge in [-0.25, -0.2) is 19.9 Å². The van der Waals surface area contributed by atoms with Gasteiger partial charge in [0.1, 0.15) is 17.8 Å². The van der Waals surface area contributed by atoms with Crippen molar-refractivity contribution in [1.82, 2.24) is 19.9 Å². The number of nitrogens with zero attached hydrogens (tertiary/aromatic N) is 5. The number of nitrogens with one attached hydrogen (secondary N) is 1. The predicted molar refractivity (Wildman–Crippen MR) is 108 cm³/mol. The zero-order valence-corrected chi connectivity index (χ0v) is 15.2. The molecule has 0 fully saturated rings. The summed E-state index contributed by atoms with van der Waals surface area (Å²) in [5.74, 6) is 1.86. The van der Waals surface area contributed by atoms with Gasteiger partial charge >= 0.3 is 0 Å². The van der Waals surface area contributed by atoms with Crippen LogP contribution in [0.1, 0.15) is 5.56 Å². The van der Waals surface area contributed by atoms with Crippen LogP contribution in [-0.4, -0.2) is 19.9 Å². The first-order chi connectivity index (χ1) is 13.3. The fourth-order valence-corrected chi connectivity index (χ4v) is 3.16. The molecule has 1 aromatic carbocycles. The largest absolute Gasteiger partial charge is 0.393 e. The quantitative estimate of drug-likeness (QED) is 0.526. The first-order valence-electron chi connectivity index (χ1n) is 8.31. The van der Waals surface area contributed by atoms with Crippen molar-refractivity contribution in [3.63, 3.8) is 0 Å². The monoisotopic (exact) mass is 375 g/mol. The predicted octanol–water partition coefficient (Wildman–Crippen LogP) is 3.99. The maximum absolute atomic E-state index is 6.41. The first kappa shape index (κ1) is 16.9. The van der Waals surface area contributed by atoms with Crippen molar-refractivity contribution in [3.05, 3.63) is 78.2 Å². The molecule has 0 amide bonds. The molecule has 3 heterocycles. The molecule has 7 nitrogen and oxygen atoms in total. The Balaban J connectivity index is 1.73. The molecule has 4 aromatic rings. The van der Waals surface area contributed by atoms with Crippen molar-refractivity contribution in [3.8, 4) is 0 Å². The molecule has 3 aromatic heterocycles. The standard InChI is InChI=1S/C19H17N7S/c20-16-17(25-19-22-10-11-27-19)23-13-24-18(16)26(15-8-4-5-9-21-15)12-14-6-2-1-3-7-14/h1-11,13H,12,20H2,(H,22,23,24,25). The summed E-state index contributed by atoms with van der Waals surface area (Å²) in [6.45, 7) is 0.579. The van der Waals surface area contributed by atoms with E-state index in [0.29, 0.717) is 23.9 Å². The van der Waals surface area contributed by atoms with Crippen LogP contribution in [0.3, 0.4) is 0 Å². The van der Waals surface area contributed by atoms with Crippen molar-refractivity contribution in [2.24, 2.45) is 0 Å². The molecule has 134 valence electrons. The van der Waals surface area contributed by atoms with Gasteiger partial charge in [0.15, 0.2) is 16.8 Å². The molecule has 0 aliphatic rings. The lowest BCUT2D eigenvalue weighted by atomic mass is 10.2. The average Bonchev–Trinajstić information content (AvgIpc) is 3.23. The number of aromatic nitrogens is 4. The highest BCUT2D eigenvalue weighted by molar-refractivity contribution is 7.13. The van der Waals surface area contributed by atoms with E-state index in [1.807, 2.05) is 46.7 Å². The second-order valence-corrected chi connectivity index (χ2v) is 6.58. The second kappa shape index (κ2) is 7.79. The molecule has 0 saturated heterocycles. The third-order valence-electron chi connectivity index (χ3n) is 3.89. The number of thiazole rings is 1. The summed E-state index contributed by atoms with van der Waals surface area (Å²) in [7, 11) is 0. The van der Waals surface area contributed by atoms with Crippen molar-refractivity contribution in [2.75, 3.05) is 16.0 Å². The second-order valence-electron chi connectivity index (χ2n) is 5.68. The van der Waals surface area contributed by atoms with Gasteiger partial charge < -0.3 is 16.0 Å². The van der Waals surface area contributed by atoms with E-state index in [1.54, 1.807) is 12.4 Å². The van der Waals surface area contributed by atoms with Gasteiger partial charge in [-0.05, 0) is 17.7 Å². The summed E-state index contributed by atoms with van der Waals surface area (Å²) >= 11 is 1.48. The smallest absolute Gasteiger partial charge is 0.188 e. The van der Waals surface area contributed by atoms with Crippen LogP contribution in [-0.2, 0) is 6.54 Å². The van der Waals surface area contributed by atoms with Gasteiger partial charge in [-0.1, -0.05) is 36.4 Å². The molecule has 0 unspecified atom stereocenters. The van der Waals surface area contributed by atoms with Gasteiger partial charge in [-0.15, -0.1) is 11.3 Å². The number of hydrogen-bond acceptors (Lipinski definition) is 8. The normalized spacial score (nSPS) is 10.5. The SMILES string of the molecule is Nc1c(Nc2nccs2)ncnc1N(Cc1ccccc1)c1ccccn1. The number of rotatable bonds is 6. The van der Waals surface area contributed by atoms with Crippen molar-refractivity contribution < 1.29 is 0 Å². The molecule has 0 radical (unpaired) electrons. The summed E-state index contributed by atoms with van der Waals surface area (Å²) in [4.78, 5) is 19.4. The lowest BCUT2D eigenvalue weighted by Gasteiger charge is -2.24. The lowest BCUT2D eigenvalue weighted by molar-refractivity contribution is 0.918. The summed E-state index contributed by atoms with van der Waals surface area (Å²) < 4.78 is 0. The van der Waals surface area contributed by atoms with Crippen LogP contribution >= 0.6 is 11.3 Å². The Labute approximate surface area is 160 Å². The highest BCUT2D eigenvalue weighted by Crippen LogP contribution is 2.33. The average molecular weight is 375 g/mol. The van der Waals surface area contributed by atoms with E-state index in [-0.39, 0.29) is 0 Å². The van der Waals surface area contributed by atoms with Gasteiger partial charge in [0.25, 0.3) is 0 Å². The summed E-state index contributed by atoms with van der Waals surface area (Å²) in [6, 6.07) is 15.9. The van der Waals surface area contributed by atoms with E-state index in [4.69, 9.17) is 5.73 Å². The number of nitrogen functional groups attached to an aromatic ring is 1. The maximum Gasteiger partial charge on any atom is 0.188 e. The van der Waals surface area contributed by atoms with Gasteiger partial charge in [0.2, 0.25) is 0 Å². The minimum atomic E-state index is 0.439. The maximum atomic E-state index is 6.41. The van der Waals surface area contributed by atoms with E-state index in [9.17, 15) is 0 Å². The van der Waals surface area contributed by atoms with E-state index < -0.39 is 0 Å². The van der Waals surface area contributed by atoms with Gasteiger partial charge in [0, 0.05) is 17.8 Å². The Morgan fingerprint density at radius 3 is 2.52 bits per heavy atom. The van der Waals surface area contributed by atoms with Crippen LogP contribution in [0.4, 0.5) is 28.3 Å². The third-order valence-corrected chi connectivity index (χ3v) is 4.57. The molecular formula is C19H17N7S. The number of nitrogens with two attached hydrogens (primary N) is 1. The Morgan fingerprint density at radius 2 is 1.78 bits per heavy atom. The first-order valence-corrected chi connectivity index (χ1v) is 9.19. The molecule has 0 spiro atoms. The molecule has 8 heteroatoms. The molecule has 0 bridgehead atoms. The summed E-state index contributed by atoms with van der Waals surface area (Å²) in [5, 5.41) is 5.75. The number of pyridine rings is 1. The van der Waals surface area contributed by atoms with Crippen LogP contribution in [0.2, 0.25) is 0 Å². The minimum absolute atomic E-state index is 0.439. The lowest BCUT2D eigenvalue weighted by Crippen LogP contribution is -2.21. The van der Waals surface area contributed by atoms with Crippen molar-refractivity contribution in [2.45, 2.75) is 6.54 Å². The molecule has 0 aliphatic heterocycles. The summed E-state index contributed by atoms with van der Waals surface area (Å²) in [5.41, 5.74) is 7.97. The van der Waals surface area contributed by atoms with Crippen molar-refractivity contribution in [1.29, 1.82) is 0 Å². The minimum Gasteiger partial charge on any atom is -0.393 e. The molecule has 0 aliphatic carbocycles. The number of anilines is 5. The Kier molecular flexibility index (Phi) is 4.88. The zero-order chi connectivity index (χ0) is 18.5. The molecule has 27 heavy (non-hydrogen) atoms. The summed E-state index contributed by atoms with van der Waals surface area (Å²) in [6.07, 6.45) is 4.96. The molecule has 0 saturated carbocycles. The molecule has 3 N–H and O–H groups in total. The molecule has 0 atom stereocenters. The van der Waals surface area contributed by atoms with E-state index in [1.165, 1.54) is 17.7 Å². The van der Waals surface area contributed by atoms with Gasteiger partial charge in [-0.2, -0.15) is 0 Å². The Morgan fingerprint density at radius 1 is 0.926 bits per heavy atom. The zero-order valence-electron chi connectivity index (χ0n) is 14.4. The topological polar surface area (TPSA) is 92.8 Å². The highest BCUT2D eigenvalue weighted by atomic mass is 32.1. The van der Waals surface area contributed by atoms with E-state index in [2.05, 4.69) is 37.4 Å². The fraction of sp³-hybridized carbons (Fsp3) is 0.0526. The third kappa shape index (κ3) is 3.85. The number of benzene rings is 1. The fourth-order valence-electron chi connectivity index (χ4n) is 2.63. The molecule has 4 rings (SSSR count).